The third-order valence-electron chi connectivity index (χ3n) is 5.84. The van der Waals surface area contributed by atoms with Crippen LogP contribution in [0, 0.1) is 6.92 Å². The average Bonchev–Trinajstić information content (AvgIpc) is 3.13. The number of aliphatic hydroxyl groups excluding tert-OH is 1. The smallest absolute Gasteiger partial charge is 0.300 e. The van der Waals surface area contributed by atoms with E-state index in [1.807, 2.05) is 25.1 Å². The summed E-state index contributed by atoms with van der Waals surface area (Å²) in [5, 5.41) is 11.3. The Morgan fingerprint density at radius 3 is 2.09 bits per heavy atom. The van der Waals surface area contributed by atoms with Gasteiger partial charge in [0.15, 0.2) is 11.5 Å². The van der Waals surface area contributed by atoms with Gasteiger partial charge in [0.2, 0.25) is 5.75 Å². The fourth-order valence-corrected chi connectivity index (χ4v) is 4.48. The van der Waals surface area contributed by atoms with Crippen molar-refractivity contribution in [1.29, 1.82) is 0 Å². The van der Waals surface area contributed by atoms with E-state index in [4.69, 9.17) is 14.2 Å². The van der Waals surface area contributed by atoms with Crippen molar-refractivity contribution in [2.75, 3.05) is 26.2 Å². The molecule has 1 heterocycles. The maximum absolute atomic E-state index is 13.4. The van der Waals surface area contributed by atoms with E-state index < -0.39 is 17.7 Å². The van der Waals surface area contributed by atoms with E-state index in [9.17, 15) is 14.7 Å². The summed E-state index contributed by atoms with van der Waals surface area (Å²) in [6.07, 6.45) is 0. The molecule has 0 spiro atoms. The lowest BCUT2D eigenvalue weighted by Gasteiger charge is -2.27. The zero-order valence-corrected chi connectivity index (χ0v) is 21.3. The number of anilines is 1. The number of nitrogens with zero attached hydrogens (tertiary/aromatic N) is 1. The number of rotatable bonds is 6. The van der Waals surface area contributed by atoms with Crippen LogP contribution in [0.4, 0.5) is 5.69 Å². The van der Waals surface area contributed by atoms with Crippen molar-refractivity contribution in [2.45, 2.75) is 13.0 Å². The first-order valence-corrected chi connectivity index (χ1v) is 11.5. The van der Waals surface area contributed by atoms with E-state index >= 15 is 0 Å². The van der Waals surface area contributed by atoms with Crippen molar-refractivity contribution in [3.8, 4) is 17.2 Å². The zero-order chi connectivity index (χ0) is 25.3. The minimum Gasteiger partial charge on any atom is -0.507 e. The molecule has 1 aliphatic heterocycles. The Labute approximate surface area is 211 Å². The van der Waals surface area contributed by atoms with Crippen molar-refractivity contribution < 1.29 is 28.9 Å². The Morgan fingerprint density at radius 1 is 0.914 bits per heavy atom. The Balaban J connectivity index is 2.02. The molecule has 1 unspecified atom stereocenters. The van der Waals surface area contributed by atoms with Crippen LogP contribution < -0.4 is 19.1 Å². The molecule has 0 aromatic heterocycles. The van der Waals surface area contributed by atoms with Crippen LogP contribution in [0.5, 0.6) is 17.2 Å². The summed E-state index contributed by atoms with van der Waals surface area (Å²) in [5.41, 5.74) is 2.33. The van der Waals surface area contributed by atoms with Crippen LogP contribution >= 0.6 is 15.9 Å². The lowest BCUT2D eigenvalue weighted by Crippen LogP contribution is -2.29. The SMILES string of the molecule is COc1cc(C2/C(=C(\O)c3ccc(Br)cc3)C(=O)C(=O)N2c2cccc(C)c2)cc(OC)c1OC. The molecule has 1 N–H and O–H groups in total. The minimum atomic E-state index is -0.936. The first-order chi connectivity index (χ1) is 16.8. The highest BCUT2D eigenvalue weighted by atomic mass is 79.9. The Bertz CT molecular complexity index is 1310. The van der Waals surface area contributed by atoms with E-state index in [1.165, 1.54) is 26.2 Å². The van der Waals surface area contributed by atoms with Crippen LogP contribution in [-0.4, -0.2) is 38.1 Å². The molecule has 3 aromatic rings. The standard InChI is InChI=1S/C27H24BrNO6/c1-15-6-5-7-19(12-15)29-23(17-13-20(33-2)26(35-4)21(14-17)34-3)22(25(31)27(29)32)24(30)16-8-10-18(28)11-9-16/h5-14,23,30H,1-4H3/b24-22+. The minimum absolute atomic E-state index is 0.0342. The zero-order valence-electron chi connectivity index (χ0n) is 19.7. The van der Waals surface area contributed by atoms with Gasteiger partial charge in [-0.1, -0.05) is 40.2 Å². The molecule has 0 aliphatic carbocycles. The molecule has 35 heavy (non-hydrogen) atoms. The number of aryl methyl sites for hydroxylation is 1. The third kappa shape index (κ3) is 4.37. The summed E-state index contributed by atoms with van der Waals surface area (Å²) in [7, 11) is 4.47. The van der Waals surface area contributed by atoms with Gasteiger partial charge in [-0.15, -0.1) is 0 Å². The molecule has 1 fully saturated rings. The van der Waals surface area contributed by atoms with Crippen molar-refractivity contribution >= 4 is 39.1 Å². The van der Waals surface area contributed by atoms with Gasteiger partial charge < -0.3 is 19.3 Å². The lowest BCUT2D eigenvalue weighted by molar-refractivity contribution is -0.132. The molecular weight excluding hydrogens is 514 g/mol. The van der Waals surface area contributed by atoms with E-state index in [2.05, 4.69) is 15.9 Å². The number of amides is 1. The Kier molecular flexibility index (Phi) is 6.84. The first-order valence-electron chi connectivity index (χ1n) is 10.7. The van der Waals surface area contributed by atoms with Crippen LogP contribution in [0.25, 0.3) is 5.76 Å². The number of hydrogen-bond donors (Lipinski definition) is 1. The van der Waals surface area contributed by atoms with Crippen molar-refractivity contribution in [1.82, 2.24) is 0 Å². The number of ether oxygens (including phenoxy) is 3. The molecule has 0 radical (unpaired) electrons. The number of aliphatic hydroxyl groups is 1. The number of methoxy groups -OCH3 is 3. The Morgan fingerprint density at radius 2 is 1.54 bits per heavy atom. The molecule has 4 rings (SSSR count). The van der Waals surface area contributed by atoms with Crippen LogP contribution in [0.15, 0.2) is 70.7 Å². The number of hydrogen-bond acceptors (Lipinski definition) is 6. The molecule has 1 atom stereocenters. The summed E-state index contributed by atoms with van der Waals surface area (Å²) >= 11 is 3.37. The molecule has 8 heteroatoms. The fraction of sp³-hybridized carbons (Fsp3) is 0.185. The average molecular weight is 538 g/mol. The van der Waals surface area contributed by atoms with Gasteiger partial charge in [0.1, 0.15) is 5.76 Å². The normalized spacial score (nSPS) is 16.9. The second kappa shape index (κ2) is 9.84. The summed E-state index contributed by atoms with van der Waals surface area (Å²) in [6.45, 7) is 1.90. The lowest BCUT2D eigenvalue weighted by atomic mass is 9.94. The number of halogens is 1. The number of carbonyl (C=O) groups excluding carboxylic acids is 2. The number of carbonyl (C=O) groups is 2. The number of Topliss-reactive ketones (excluding diaryl/α,β-unsaturated/α-hetero) is 1. The van der Waals surface area contributed by atoms with Crippen molar-refractivity contribution in [3.05, 3.63) is 87.4 Å². The summed E-state index contributed by atoms with van der Waals surface area (Å²) in [4.78, 5) is 28.1. The van der Waals surface area contributed by atoms with Gasteiger partial charge in [0, 0.05) is 15.7 Å². The van der Waals surface area contributed by atoms with Crippen LogP contribution in [0.2, 0.25) is 0 Å². The van der Waals surface area contributed by atoms with Crippen LogP contribution in [0.3, 0.4) is 0 Å². The van der Waals surface area contributed by atoms with Gasteiger partial charge in [-0.25, -0.2) is 0 Å². The van der Waals surface area contributed by atoms with E-state index in [-0.39, 0.29) is 11.3 Å². The molecule has 1 amide bonds. The van der Waals surface area contributed by atoms with Crippen molar-refractivity contribution in [2.24, 2.45) is 0 Å². The predicted octanol–water partition coefficient (Wildman–Crippen LogP) is 5.41. The number of benzene rings is 3. The molecule has 1 aliphatic rings. The van der Waals surface area contributed by atoms with Gasteiger partial charge in [-0.3, -0.25) is 14.5 Å². The second-order valence-electron chi connectivity index (χ2n) is 7.97. The van der Waals surface area contributed by atoms with Gasteiger partial charge >= 0.3 is 0 Å². The fourth-order valence-electron chi connectivity index (χ4n) is 4.21. The molecule has 3 aromatic carbocycles. The topological polar surface area (TPSA) is 85.3 Å². The Hall–Kier alpha value is -3.78. The van der Waals surface area contributed by atoms with Crippen molar-refractivity contribution in [3.63, 3.8) is 0 Å². The summed E-state index contributed by atoms with van der Waals surface area (Å²) in [5.74, 6) is -0.705. The van der Waals surface area contributed by atoms with Gasteiger partial charge in [-0.2, -0.15) is 0 Å². The van der Waals surface area contributed by atoms with Gasteiger partial charge in [0.25, 0.3) is 11.7 Å². The van der Waals surface area contributed by atoms with E-state index in [0.717, 1.165) is 10.0 Å². The summed E-state index contributed by atoms with van der Waals surface area (Å²) < 4.78 is 17.3. The first kappa shape index (κ1) is 24.3. The van der Waals surface area contributed by atoms with Crippen LogP contribution in [0.1, 0.15) is 22.7 Å². The molecule has 0 saturated carbocycles. The van der Waals surface area contributed by atoms with E-state index in [1.54, 1.807) is 42.5 Å². The largest absolute Gasteiger partial charge is 0.507 e. The number of ketones is 1. The molecule has 0 bridgehead atoms. The highest BCUT2D eigenvalue weighted by molar-refractivity contribution is 9.10. The molecule has 180 valence electrons. The van der Waals surface area contributed by atoms with Gasteiger partial charge in [0.05, 0.1) is 32.9 Å². The molecule has 1 saturated heterocycles. The van der Waals surface area contributed by atoms with Gasteiger partial charge in [-0.05, 0) is 54.4 Å². The van der Waals surface area contributed by atoms with E-state index in [0.29, 0.717) is 34.1 Å². The summed E-state index contributed by atoms with van der Waals surface area (Å²) in [6, 6.07) is 16.5. The second-order valence-corrected chi connectivity index (χ2v) is 8.89. The highest BCUT2D eigenvalue weighted by Gasteiger charge is 2.47. The maximum atomic E-state index is 13.4. The van der Waals surface area contributed by atoms with Crippen LogP contribution in [-0.2, 0) is 9.59 Å². The highest BCUT2D eigenvalue weighted by Crippen LogP contribution is 2.47. The third-order valence-corrected chi connectivity index (χ3v) is 6.37. The predicted molar refractivity (Wildman–Crippen MR) is 136 cm³/mol. The molecular formula is C27H24BrNO6. The monoisotopic (exact) mass is 537 g/mol. The molecule has 7 nitrogen and oxygen atoms in total. The maximum Gasteiger partial charge on any atom is 0.300 e. The quantitative estimate of drug-likeness (QED) is 0.257.